The first kappa shape index (κ1) is 12.9. The number of hydrogen-bond acceptors (Lipinski definition) is 4. The molecule has 0 aromatic carbocycles. The van der Waals surface area contributed by atoms with Crippen LogP contribution in [0, 0.1) is 5.92 Å². The van der Waals surface area contributed by atoms with E-state index in [1.165, 1.54) is 19.3 Å². The molecule has 0 radical (unpaired) electrons. The van der Waals surface area contributed by atoms with Gasteiger partial charge in [0.05, 0.1) is 12.2 Å². The minimum absolute atomic E-state index is 0.208. The Morgan fingerprint density at radius 3 is 2.67 bits per heavy atom. The highest BCUT2D eigenvalue weighted by atomic mass is 16.3. The molecule has 0 bridgehead atoms. The van der Waals surface area contributed by atoms with E-state index in [0.717, 1.165) is 6.42 Å². The SMILES string of the molecule is CC(O)(CO)CNC1CCCCC1CN. The first-order valence-electron chi connectivity index (χ1n) is 5.86. The van der Waals surface area contributed by atoms with Crippen molar-refractivity contribution in [3.05, 3.63) is 0 Å². The minimum Gasteiger partial charge on any atom is -0.393 e. The summed E-state index contributed by atoms with van der Waals surface area (Å²) in [7, 11) is 0. The van der Waals surface area contributed by atoms with Crippen LogP contribution in [0.4, 0.5) is 0 Å². The Balaban J connectivity index is 2.35. The smallest absolute Gasteiger partial charge is 0.0972 e. The summed E-state index contributed by atoms with van der Waals surface area (Å²) in [6.45, 7) is 2.57. The molecule has 0 aliphatic heterocycles. The Morgan fingerprint density at radius 2 is 2.07 bits per heavy atom. The molecule has 1 aliphatic carbocycles. The van der Waals surface area contributed by atoms with Gasteiger partial charge in [-0.2, -0.15) is 0 Å². The van der Waals surface area contributed by atoms with Crippen molar-refractivity contribution in [3.63, 3.8) is 0 Å². The molecule has 0 spiro atoms. The van der Waals surface area contributed by atoms with Crippen molar-refractivity contribution in [2.24, 2.45) is 11.7 Å². The molecule has 0 heterocycles. The van der Waals surface area contributed by atoms with E-state index < -0.39 is 5.60 Å². The summed E-state index contributed by atoms with van der Waals surface area (Å²) in [5.74, 6) is 0.522. The van der Waals surface area contributed by atoms with Gasteiger partial charge < -0.3 is 21.3 Å². The van der Waals surface area contributed by atoms with Crippen LogP contribution in [0.2, 0.25) is 0 Å². The van der Waals surface area contributed by atoms with Gasteiger partial charge in [-0.15, -0.1) is 0 Å². The summed E-state index contributed by atoms with van der Waals surface area (Å²) in [5.41, 5.74) is 4.70. The van der Waals surface area contributed by atoms with E-state index in [1.54, 1.807) is 6.92 Å². The first-order valence-corrected chi connectivity index (χ1v) is 5.86. The Morgan fingerprint density at radius 1 is 1.40 bits per heavy atom. The van der Waals surface area contributed by atoms with Crippen molar-refractivity contribution in [1.29, 1.82) is 0 Å². The average Bonchev–Trinajstić information content (AvgIpc) is 2.27. The van der Waals surface area contributed by atoms with Crippen LogP contribution < -0.4 is 11.1 Å². The van der Waals surface area contributed by atoms with E-state index >= 15 is 0 Å². The monoisotopic (exact) mass is 216 g/mol. The molecule has 0 aromatic heterocycles. The predicted octanol–water partition coefficient (Wildman–Crippen LogP) is -0.163. The number of hydrogen-bond donors (Lipinski definition) is 4. The fourth-order valence-electron chi connectivity index (χ4n) is 2.17. The summed E-state index contributed by atoms with van der Waals surface area (Å²) >= 11 is 0. The lowest BCUT2D eigenvalue weighted by Gasteiger charge is -2.33. The third-order valence-electron chi connectivity index (χ3n) is 3.30. The van der Waals surface area contributed by atoms with Crippen LogP contribution in [0.3, 0.4) is 0 Å². The summed E-state index contributed by atoms with van der Waals surface area (Å²) in [6.07, 6.45) is 4.80. The van der Waals surface area contributed by atoms with Crippen LogP contribution in [0.15, 0.2) is 0 Å². The summed E-state index contributed by atoms with van der Waals surface area (Å²) in [5, 5.41) is 21.9. The van der Waals surface area contributed by atoms with Gasteiger partial charge in [0.15, 0.2) is 0 Å². The number of rotatable bonds is 5. The van der Waals surface area contributed by atoms with Crippen molar-refractivity contribution < 1.29 is 10.2 Å². The van der Waals surface area contributed by atoms with E-state index in [0.29, 0.717) is 25.0 Å². The molecule has 1 aliphatic rings. The quantitative estimate of drug-likeness (QED) is 0.515. The number of aliphatic hydroxyl groups excluding tert-OH is 1. The van der Waals surface area contributed by atoms with E-state index in [-0.39, 0.29) is 6.61 Å². The van der Waals surface area contributed by atoms with Gasteiger partial charge in [-0.05, 0) is 32.2 Å². The first-order chi connectivity index (χ1) is 7.09. The zero-order valence-corrected chi connectivity index (χ0v) is 9.58. The van der Waals surface area contributed by atoms with Crippen LogP contribution >= 0.6 is 0 Å². The second-order valence-electron chi connectivity index (χ2n) is 4.92. The number of aliphatic hydroxyl groups is 2. The van der Waals surface area contributed by atoms with Crippen molar-refractivity contribution in [1.82, 2.24) is 5.32 Å². The normalized spacial score (nSPS) is 31.2. The molecule has 3 unspecified atom stereocenters. The van der Waals surface area contributed by atoms with Crippen molar-refractivity contribution in [3.8, 4) is 0 Å². The highest BCUT2D eigenvalue weighted by Gasteiger charge is 2.26. The van der Waals surface area contributed by atoms with Gasteiger partial charge in [0.25, 0.3) is 0 Å². The third-order valence-corrected chi connectivity index (χ3v) is 3.30. The van der Waals surface area contributed by atoms with E-state index in [1.807, 2.05) is 0 Å². The second kappa shape index (κ2) is 5.80. The Kier molecular flexibility index (Phi) is 4.99. The number of nitrogens with two attached hydrogens (primary N) is 1. The van der Waals surface area contributed by atoms with E-state index in [9.17, 15) is 5.11 Å². The molecule has 1 saturated carbocycles. The molecular weight excluding hydrogens is 192 g/mol. The Hall–Kier alpha value is -0.160. The maximum atomic E-state index is 9.67. The van der Waals surface area contributed by atoms with Crippen molar-refractivity contribution in [2.45, 2.75) is 44.2 Å². The maximum Gasteiger partial charge on any atom is 0.0972 e. The van der Waals surface area contributed by atoms with Gasteiger partial charge in [-0.3, -0.25) is 0 Å². The second-order valence-corrected chi connectivity index (χ2v) is 4.92. The molecule has 1 rings (SSSR count). The Bertz CT molecular complexity index is 185. The van der Waals surface area contributed by atoms with Gasteiger partial charge in [-0.25, -0.2) is 0 Å². The molecule has 5 N–H and O–H groups in total. The van der Waals surface area contributed by atoms with Gasteiger partial charge in [0.1, 0.15) is 0 Å². The van der Waals surface area contributed by atoms with Crippen molar-refractivity contribution in [2.75, 3.05) is 19.7 Å². The topological polar surface area (TPSA) is 78.5 Å². The van der Waals surface area contributed by atoms with Crippen LogP contribution in [-0.2, 0) is 0 Å². The number of nitrogens with one attached hydrogen (secondary N) is 1. The standard InChI is InChI=1S/C11H24N2O2/c1-11(15,8-14)7-13-10-5-3-2-4-9(10)6-12/h9-10,13-15H,2-8,12H2,1H3. The fraction of sp³-hybridized carbons (Fsp3) is 1.00. The van der Waals surface area contributed by atoms with Crippen LogP contribution in [0.25, 0.3) is 0 Å². The van der Waals surface area contributed by atoms with Gasteiger partial charge in [0.2, 0.25) is 0 Å². The zero-order chi connectivity index (χ0) is 11.3. The molecule has 15 heavy (non-hydrogen) atoms. The summed E-state index contributed by atoms with van der Waals surface area (Å²) in [4.78, 5) is 0. The largest absolute Gasteiger partial charge is 0.393 e. The molecule has 0 aromatic rings. The fourth-order valence-corrected chi connectivity index (χ4v) is 2.17. The van der Waals surface area contributed by atoms with Crippen LogP contribution in [-0.4, -0.2) is 41.6 Å². The lowest BCUT2D eigenvalue weighted by molar-refractivity contribution is -0.00173. The van der Waals surface area contributed by atoms with Crippen LogP contribution in [0.1, 0.15) is 32.6 Å². The average molecular weight is 216 g/mol. The summed E-state index contributed by atoms with van der Waals surface area (Å²) in [6, 6.07) is 0.404. The molecule has 0 saturated heterocycles. The minimum atomic E-state index is -1.02. The molecule has 4 heteroatoms. The van der Waals surface area contributed by atoms with Gasteiger partial charge in [0, 0.05) is 12.6 Å². The molecule has 3 atom stereocenters. The Labute approximate surface area is 91.9 Å². The zero-order valence-electron chi connectivity index (χ0n) is 9.58. The molecule has 90 valence electrons. The van der Waals surface area contributed by atoms with Crippen molar-refractivity contribution >= 4 is 0 Å². The summed E-state index contributed by atoms with van der Waals surface area (Å²) < 4.78 is 0. The van der Waals surface area contributed by atoms with E-state index in [2.05, 4.69) is 5.32 Å². The molecular formula is C11H24N2O2. The van der Waals surface area contributed by atoms with E-state index in [4.69, 9.17) is 10.8 Å². The predicted molar refractivity (Wildman–Crippen MR) is 60.5 cm³/mol. The lowest BCUT2D eigenvalue weighted by Crippen LogP contribution is -2.49. The van der Waals surface area contributed by atoms with Gasteiger partial charge >= 0.3 is 0 Å². The third kappa shape index (κ3) is 4.07. The molecule has 0 amide bonds. The molecule has 1 fully saturated rings. The highest BCUT2D eigenvalue weighted by molar-refractivity contribution is 4.84. The molecule has 4 nitrogen and oxygen atoms in total. The van der Waals surface area contributed by atoms with Gasteiger partial charge in [-0.1, -0.05) is 12.8 Å². The van der Waals surface area contributed by atoms with Crippen LogP contribution in [0.5, 0.6) is 0 Å². The lowest BCUT2D eigenvalue weighted by atomic mass is 9.84. The maximum absolute atomic E-state index is 9.67. The highest BCUT2D eigenvalue weighted by Crippen LogP contribution is 2.23.